The number of carbonyl (C=O) groups excluding carboxylic acids is 1. The van der Waals surface area contributed by atoms with Crippen LogP contribution in [0.4, 0.5) is 4.39 Å². The molecular weight excluding hydrogens is 255 g/mol. The average molecular weight is 272 g/mol. The predicted octanol–water partition coefficient (Wildman–Crippen LogP) is 4.04. The number of unbranched alkanes of at least 4 members (excludes halogenated alkanes) is 1. The highest BCUT2D eigenvalue weighted by molar-refractivity contribution is 5.74. The van der Waals surface area contributed by atoms with Crippen LogP contribution in [-0.4, -0.2) is 12.9 Å². The van der Waals surface area contributed by atoms with Gasteiger partial charge in [0.1, 0.15) is 17.9 Å². The molecule has 0 aliphatic rings. The smallest absolute Gasteiger partial charge is 0.150 e. The molecule has 104 valence electrons. The molecule has 0 aliphatic heterocycles. The summed E-state index contributed by atoms with van der Waals surface area (Å²) in [5.74, 6) is 0.577. The standard InChI is InChI=1S/C17H17FO2/c18-16-8-4-14(5-9-16)3-1-2-12-20-17-10-6-15(13-19)7-11-17/h4-11,13H,1-3,12H2. The normalized spacial score (nSPS) is 10.2. The molecule has 0 unspecified atom stereocenters. The van der Waals surface area contributed by atoms with E-state index >= 15 is 0 Å². The first-order valence-electron chi connectivity index (χ1n) is 6.70. The molecule has 0 N–H and O–H groups in total. The van der Waals surface area contributed by atoms with E-state index in [1.54, 1.807) is 24.3 Å². The maximum atomic E-state index is 12.7. The van der Waals surface area contributed by atoms with Gasteiger partial charge in [0, 0.05) is 5.56 Å². The van der Waals surface area contributed by atoms with E-state index in [1.165, 1.54) is 12.1 Å². The lowest BCUT2D eigenvalue weighted by Crippen LogP contribution is -1.98. The molecule has 2 rings (SSSR count). The highest BCUT2D eigenvalue weighted by Gasteiger charge is 1.97. The Hall–Kier alpha value is -2.16. The Bertz CT molecular complexity index is 532. The van der Waals surface area contributed by atoms with E-state index in [2.05, 4.69) is 0 Å². The third-order valence-corrected chi connectivity index (χ3v) is 3.06. The van der Waals surface area contributed by atoms with E-state index in [-0.39, 0.29) is 5.82 Å². The number of hydrogen-bond donors (Lipinski definition) is 0. The van der Waals surface area contributed by atoms with Crippen LogP contribution in [0.3, 0.4) is 0 Å². The van der Waals surface area contributed by atoms with Gasteiger partial charge in [0.15, 0.2) is 0 Å². The molecule has 0 aromatic heterocycles. The average Bonchev–Trinajstić information content (AvgIpc) is 2.49. The summed E-state index contributed by atoms with van der Waals surface area (Å²) in [6.45, 7) is 0.641. The van der Waals surface area contributed by atoms with E-state index in [1.807, 2.05) is 12.1 Å². The van der Waals surface area contributed by atoms with Gasteiger partial charge in [-0.05, 0) is 61.2 Å². The van der Waals surface area contributed by atoms with Crippen molar-refractivity contribution in [3.8, 4) is 5.75 Å². The molecular formula is C17H17FO2. The second-order valence-electron chi connectivity index (χ2n) is 4.62. The number of hydrogen-bond acceptors (Lipinski definition) is 2. The number of ether oxygens (including phenoxy) is 1. The van der Waals surface area contributed by atoms with Gasteiger partial charge >= 0.3 is 0 Å². The second kappa shape index (κ2) is 7.43. The minimum Gasteiger partial charge on any atom is -0.494 e. The van der Waals surface area contributed by atoms with Gasteiger partial charge in [0.25, 0.3) is 0 Å². The highest BCUT2D eigenvalue weighted by atomic mass is 19.1. The van der Waals surface area contributed by atoms with Crippen molar-refractivity contribution in [1.29, 1.82) is 0 Å². The molecule has 0 aliphatic carbocycles. The van der Waals surface area contributed by atoms with Crippen LogP contribution >= 0.6 is 0 Å². The third-order valence-electron chi connectivity index (χ3n) is 3.06. The molecule has 20 heavy (non-hydrogen) atoms. The Balaban J connectivity index is 1.65. The molecule has 0 heterocycles. The Morgan fingerprint density at radius 3 is 2.30 bits per heavy atom. The molecule has 0 atom stereocenters. The summed E-state index contributed by atoms with van der Waals surface area (Å²) in [4.78, 5) is 10.5. The van der Waals surface area contributed by atoms with Crippen molar-refractivity contribution in [1.82, 2.24) is 0 Å². The summed E-state index contributed by atoms with van der Waals surface area (Å²) in [7, 11) is 0. The van der Waals surface area contributed by atoms with Crippen LogP contribution in [0.25, 0.3) is 0 Å². The van der Waals surface area contributed by atoms with Crippen LogP contribution in [0.2, 0.25) is 0 Å². The predicted molar refractivity (Wildman–Crippen MR) is 76.7 cm³/mol. The fourth-order valence-electron chi connectivity index (χ4n) is 1.91. The van der Waals surface area contributed by atoms with Crippen molar-refractivity contribution >= 4 is 6.29 Å². The SMILES string of the molecule is O=Cc1ccc(OCCCCc2ccc(F)cc2)cc1. The largest absolute Gasteiger partial charge is 0.494 e. The lowest BCUT2D eigenvalue weighted by molar-refractivity contribution is 0.112. The van der Waals surface area contributed by atoms with Crippen LogP contribution < -0.4 is 4.74 Å². The number of benzene rings is 2. The fourth-order valence-corrected chi connectivity index (χ4v) is 1.91. The molecule has 0 fully saturated rings. The molecule has 0 radical (unpaired) electrons. The van der Waals surface area contributed by atoms with Gasteiger partial charge in [0.05, 0.1) is 6.61 Å². The van der Waals surface area contributed by atoms with Crippen molar-refractivity contribution in [2.24, 2.45) is 0 Å². The van der Waals surface area contributed by atoms with Gasteiger partial charge in [-0.15, -0.1) is 0 Å². The van der Waals surface area contributed by atoms with Crippen molar-refractivity contribution in [2.45, 2.75) is 19.3 Å². The van der Waals surface area contributed by atoms with Gasteiger partial charge in [-0.25, -0.2) is 4.39 Å². The molecule has 0 amide bonds. The topological polar surface area (TPSA) is 26.3 Å². The molecule has 0 spiro atoms. The van der Waals surface area contributed by atoms with Crippen molar-refractivity contribution in [2.75, 3.05) is 6.61 Å². The zero-order valence-corrected chi connectivity index (χ0v) is 11.2. The summed E-state index contributed by atoms with van der Waals surface area (Å²) < 4.78 is 18.3. The maximum Gasteiger partial charge on any atom is 0.150 e. The fraction of sp³-hybridized carbons (Fsp3) is 0.235. The van der Waals surface area contributed by atoms with Crippen LogP contribution in [0.5, 0.6) is 5.75 Å². The number of halogens is 1. The molecule has 0 saturated carbocycles. The summed E-state index contributed by atoms with van der Waals surface area (Å²) in [5, 5.41) is 0. The van der Waals surface area contributed by atoms with Gasteiger partial charge in [-0.3, -0.25) is 4.79 Å². The number of aldehydes is 1. The number of aryl methyl sites for hydroxylation is 1. The lowest BCUT2D eigenvalue weighted by Gasteiger charge is -2.06. The summed E-state index contributed by atoms with van der Waals surface area (Å²) in [6.07, 6.45) is 3.67. The minimum atomic E-state index is -0.198. The lowest BCUT2D eigenvalue weighted by atomic mass is 10.1. The van der Waals surface area contributed by atoms with E-state index < -0.39 is 0 Å². The van der Waals surface area contributed by atoms with Gasteiger partial charge < -0.3 is 4.74 Å². The first kappa shape index (κ1) is 14.3. The highest BCUT2D eigenvalue weighted by Crippen LogP contribution is 2.12. The number of rotatable bonds is 7. The Morgan fingerprint density at radius 1 is 0.950 bits per heavy atom. The van der Waals surface area contributed by atoms with Crippen molar-refractivity contribution in [3.63, 3.8) is 0 Å². The number of carbonyl (C=O) groups is 1. The summed E-state index contributed by atoms with van der Waals surface area (Å²) in [6, 6.07) is 13.7. The van der Waals surface area contributed by atoms with Crippen molar-refractivity contribution in [3.05, 3.63) is 65.5 Å². The molecule has 2 aromatic rings. The van der Waals surface area contributed by atoms with Crippen LogP contribution in [0.15, 0.2) is 48.5 Å². The van der Waals surface area contributed by atoms with Gasteiger partial charge in [-0.2, -0.15) is 0 Å². The molecule has 0 bridgehead atoms. The molecule has 2 nitrogen and oxygen atoms in total. The molecule has 0 saturated heterocycles. The quantitative estimate of drug-likeness (QED) is 0.561. The third kappa shape index (κ3) is 4.50. The zero-order chi connectivity index (χ0) is 14.2. The molecule has 3 heteroatoms. The first-order valence-corrected chi connectivity index (χ1v) is 6.70. The van der Waals surface area contributed by atoms with E-state index in [4.69, 9.17) is 4.74 Å². The first-order chi connectivity index (χ1) is 9.78. The van der Waals surface area contributed by atoms with Crippen LogP contribution in [0, 0.1) is 5.82 Å². The molecule has 2 aromatic carbocycles. The van der Waals surface area contributed by atoms with Gasteiger partial charge in [0.2, 0.25) is 0 Å². The minimum absolute atomic E-state index is 0.198. The maximum absolute atomic E-state index is 12.7. The van der Waals surface area contributed by atoms with Gasteiger partial charge in [-0.1, -0.05) is 12.1 Å². The monoisotopic (exact) mass is 272 g/mol. The van der Waals surface area contributed by atoms with Crippen molar-refractivity contribution < 1.29 is 13.9 Å². The van der Waals surface area contributed by atoms with E-state index in [0.717, 1.165) is 36.9 Å². The Kier molecular flexibility index (Phi) is 5.30. The second-order valence-corrected chi connectivity index (χ2v) is 4.62. The summed E-state index contributed by atoms with van der Waals surface area (Å²) >= 11 is 0. The van der Waals surface area contributed by atoms with Crippen LogP contribution in [0.1, 0.15) is 28.8 Å². The van der Waals surface area contributed by atoms with E-state index in [9.17, 15) is 9.18 Å². The summed E-state index contributed by atoms with van der Waals surface area (Å²) in [5.41, 5.74) is 1.79. The van der Waals surface area contributed by atoms with E-state index in [0.29, 0.717) is 12.2 Å². The Labute approximate surface area is 118 Å². The van der Waals surface area contributed by atoms with Crippen LogP contribution in [-0.2, 0) is 6.42 Å². The zero-order valence-electron chi connectivity index (χ0n) is 11.2. The Morgan fingerprint density at radius 2 is 1.65 bits per heavy atom.